The van der Waals surface area contributed by atoms with E-state index in [1.54, 1.807) is 24.3 Å². The molecule has 0 bridgehead atoms. The van der Waals surface area contributed by atoms with Crippen LogP contribution in [0.5, 0.6) is 0 Å². The van der Waals surface area contributed by atoms with E-state index in [9.17, 15) is 9.59 Å². The van der Waals surface area contributed by atoms with Gasteiger partial charge in [0, 0.05) is 27.6 Å². The van der Waals surface area contributed by atoms with Crippen molar-refractivity contribution >= 4 is 46.7 Å². The predicted molar refractivity (Wildman–Crippen MR) is 126 cm³/mol. The van der Waals surface area contributed by atoms with E-state index in [0.717, 1.165) is 28.1 Å². The average Bonchev–Trinajstić information content (AvgIpc) is 2.70. The highest BCUT2D eigenvalue weighted by Crippen LogP contribution is 2.23. The first-order valence-electron chi connectivity index (χ1n) is 9.66. The van der Waals surface area contributed by atoms with Crippen LogP contribution in [0.3, 0.4) is 0 Å². The minimum Gasteiger partial charge on any atom is -0.355 e. The van der Waals surface area contributed by atoms with Crippen molar-refractivity contribution in [3.8, 4) is 0 Å². The second kappa shape index (κ2) is 9.91. The highest BCUT2D eigenvalue weighted by molar-refractivity contribution is 6.39. The van der Waals surface area contributed by atoms with E-state index >= 15 is 0 Å². The van der Waals surface area contributed by atoms with E-state index in [-0.39, 0.29) is 0 Å². The number of amides is 2. The van der Waals surface area contributed by atoms with Crippen molar-refractivity contribution in [1.82, 2.24) is 5.43 Å². The van der Waals surface area contributed by atoms with Crippen LogP contribution in [0.4, 0.5) is 17.1 Å². The lowest BCUT2D eigenvalue weighted by Crippen LogP contribution is -2.32. The topological polar surface area (TPSA) is 82.6 Å². The molecule has 0 aromatic heterocycles. The van der Waals surface area contributed by atoms with Gasteiger partial charge in [0.1, 0.15) is 0 Å². The van der Waals surface area contributed by atoms with Crippen molar-refractivity contribution in [3.63, 3.8) is 0 Å². The van der Waals surface area contributed by atoms with Crippen LogP contribution < -0.4 is 16.1 Å². The van der Waals surface area contributed by atoms with Crippen molar-refractivity contribution in [3.05, 3.63) is 87.9 Å². The number of rotatable bonds is 5. The van der Waals surface area contributed by atoms with Crippen LogP contribution in [0.25, 0.3) is 0 Å². The van der Waals surface area contributed by atoms with Crippen LogP contribution in [0.1, 0.15) is 22.3 Å². The van der Waals surface area contributed by atoms with Gasteiger partial charge in [-0.05, 0) is 74.4 Å². The Hall–Kier alpha value is -3.64. The molecule has 0 radical (unpaired) electrons. The number of anilines is 3. The standard InChI is InChI=1S/C24H23ClN4O2/c1-15-4-7-20(8-5-15)27-22-9-6-19(25)13-18(22)14-26-29-24(31)23(30)28-21-11-16(2)10-17(3)12-21/h4-14,27H,1-3H3,(H,28,30)(H,29,31)/b26-14-. The summed E-state index contributed by atoms with van der Waals surface area (Å²) in [6, 6.07) is 18.8. The Labute approximate surface area is 186 Å². The van der Waals surface area contributed by atoms with Crippen molar-refractivity contribution in [2.75, 3.05) is 10.6 Å². The van der Waals surface area contributed by atoms with Gasteiger partial charge in [-0.3, -0.25) is 9.59 Å². The first-order valence-corrected chi connectivity index (χ1v) is 10.0. The van der Waals surface area contributed by atoms with Crippen LogP contribution in [0.15, 0.2) is 65.8 Å². The Morgan fingerprint density at radius 2 is 1.48 bits per heavy atom. The zero-order chi connectivity index (χ0) is 22.4. The molecule has 3 N–H and O–H groups in total. The summed E-state index contributed by atoms with van der Waals surface area (Å²) in [5.74, 6) is -1.67. The number of hydrazone groups is 1. The fourth-order valence-corrected chi connectivity index (χ4v) is 3.17. The zero-order valence-corrected chi connectivity index (χ0v) is 18.2. The number of halogens is 1. The molecule has 0 aliphatic heterocycles. The Bertz CT molecular complexity index is 1120. The van der Waals surface area contributed by atoms with Gasteiger partial charge in [0.15, 0.2) is 0 Å². The maximum Gasteiger partial charge on any atom is 0.329 e. The molecule has 0 spiro atoms. The number of carbonyl (C=O) groups excluding carboxylic acids is 2. The van der Waals surface area contributed by atoms with Gasteiger partial charge in [-0.15, -0.1) is 0 Å². The quantitative estimate of drug-likeness (QED) is 0.297. The molecule has 3 aromatic rings. The Morgan fingerprint density at radius 1 is 0.806 bits per heavy atom. The summed E-state index contributed by atoms with van der Waals surface area (Å²) in [7, 11) is 0. The molecular formula is C24H23ClN4O2. The van der Waals surface area contributed by atoms with Gasteiger partial charge in [-0.2, -0.15) is 5.10 Å². The fraction of sp³-hybridized carbons (Fsp3) is 0.125. The van der Waals surface area contributed by atoms with Gasteiger partial charge < -0.3 is 10.6 Å². The van der Waals surface area contributed by atoms with Crippen molar-refractivity contribution in [2.45, 2.75) is 20.8 Å². The molecule has 3 rings (SSSR count). The Morgan fingerprint density at radius 3 is 2.16 bits per heavy atom. The third kappa shape index (κ3) is 6.42. The van der Waals surface area contributed by atoms with E-state index in [2.05, 4.69) is 21.2 Å². The molecule has 158 valence electrons. The van der Waals surface area contributed by atoms with Gasteiger partial charge >= 0.3 is 11.8 Å². The number of nitrogens with one attached hydrogen (secondary N) is 3. The molecule has 0 atom stereocenters. The fourth-order valence-electron chi connectivity index (χ4n) is 2.99. The van der Waals surface area contributed by atoms with E-state index < -0.39 is 11.8 Å². The molecule has 2 amide bonds. The van der Waals surface area contributed by atoms with E-state index in [4.69, 9.17) is 11.6 Å². The van der Waals surface area contributed by atoms with E-state index in [1.807, 2.05) is 57.2 Å². The predicted octanol–water partition coefficient (Wildman–Crippen LogP) is 5.10. The molecule has 0 heterocycles. The monoisotopic (exact) mass is 434 g/mol. The number of hydrogen-bond acceptors (Lipinski definition) is 4. The molecular weight excluding hydrogens is 412 g/mol. The third-order valence-electron chi connectivity index (χ3n) is 4.40. The smallest absolute Gasteiger partial charge is 0.329 e. The summed E-state index contributed by atoms with van der Waals surface area (Å²) < 4.78 is 0. The summed E-state index contributed by atoms with van der Waals surface area (Å²) in [6.07, 6.45) is 1.43. The lowest BCUT2D eigenvalue weighted by molar-refractivity contribution is -0.136. The lowest BCUT2D eigenvalue weighted by atomic mass is 10.1. The van der Waals surface area contributed by atoms with Crippen LogP contribution in [-0.2, 0) is 9.59 Å². The number of nitrogens with zero attached hydrogens (tertiary/aromatic N) is 1. The van der Waals surface area contributed by atoms with Gasteiger partial charge in [0.05, 0.1) is 6.21 Å². The zero-order valence-electron chi connectivity index (χ0n) is 17.5. The summed E-state index contributed by atoms with van der Waals surface area (Å²) >= 11 is 6.11. The Balaban J connectivity index is 1.66. The highest BCUT2D eigenvalue weighted by atomic mass is 35.5. The minimum atomic E-state index is -0.870. The van der Waals surface area contributed by atoms with Crippen LogP contribution in [-0.4, -0.2) is 18.0 Å². The summed E-state index contributed by atoms with van der Waals surface area (Å²) in [5.41, 5.74) is 8.25. The third-order valence-corrected chi connectivity index (χ3v) is 4.63. The molecule has 7 heteroatoms. The number of aryl methyl sites for hydroxylation is 3. The molecule has 0 fully saturated rings. The normalized spacial score (nSPS) is 10.7. The molecule has 0 aliphatic carbocycles. The van der Waals surface area contributed by atoms with E-state index in [1.165, 1.54) is 6.21 Å². The van der Waals surface area contributed by atoms with Gasteiger partial charge in [-0.25, -0.2) is 5.43 Å². The first kappa shape index (κ1) is 22.1. The SMILES string of the molecule is Cc1ccc(Nc2ccc(Cl)cc2/C=N\NC(=O)C(=O)Nc2cc(C)cc(C)c2)cc1. The minimum absolute atomic E-state index is 0.523. The largest absolute Gasteiger partial charge is 0.355 e. The summed E-state index contributed by atoms with van der Waals surface area (Å²) in [6.45, 7) is 5.85. The number of carbonyl (C=O) groups is 2. The molecule has 31 heavy (non-hydrogen) atoms. The molecule has 0 unspecified atom stereocenters. The van der Waals surface area contributed by atoms with Crippen LogP contribution in [0, 0.1) is 20.8 Å². The average molecular weight is 435 g/mol. The van der Waals surface area contributed by atoms with Crippen molar-refractivity contribution in [1.29, 1.82) is 0 Å². The molecule has 0 aliphatic rings. The van der Waals surface area contributed by atoms with Crippen molar-refractivity contribution in [2.24, 2.45) is 5.10 Å². The number of benzene rings is 3. The molecule has 6 nitrogen and oxygen atoms in total. The molecule has 0 saturated heterocycles. The first-order chi connectivity index (χ1) is 14.8. The van der Waals surface area contributed by atoms with Gasteiger partial charge in [0.2, 0.25) is 0 Å². The Kier molecular flexibility index (Phi) is 7.05. The van der Waals surface area contributed by atoms with Gasteiger partial charge in [0.25, 0.3) is 0 Å². The summed E-state index contributed by atoms with van der Waals surface area (Å²) in [5, 5.41) is 10.3. The molecule has 0 saturated carbocycles. The molecule has 3 aromatic carbocycles. The summed E-state index contributed by atoms with van der Waals surface area (Å²) in [4.78, 5) is 24.2. The number of hydrogen-bond donors (Lipinski definition) is 3. The van der Waals surface area contributed by atoms with E-state index in [0.29, 0.717) is 16.3 Å². The van der Waals surface area contributed by atoms with Crippen LogP contribution in [0.2, 0.25) is 5.02 Å². The maximum atomic E-state index is 12.1. The second-order valence-corrected chi connectivity index (χ2v) is 7.69. The maximum absolute atomic E-state index is 12.1. The van der Waals surface area contributed by atoms with Crippen LogP contribution >= 0.6 is 11.6 Å². The lowest BCUT2D eigenvalue weighted by Gasteiger charge is -2.10. The second-order valence-electron chi connectivity index (χ2n) is 7.25. The van der Waals surface area contributed by atoms with Crippen molar-refractivity contribution < 1.29 is 9.59 Å². The van der Waals surface area contributed by atoms with Gasteiger partial charge in [-0.1, -0.05) is 35.4 Å². The highest BCUT2D eigenvalue weighted by Gasteiger charge is 2.13.